The van der Waals surface area contributed by atoms with E-state index in [0.29, 0.717) is 0 Å². The zero-order valence-electron chi connectivity index (χ0n) is 5.59. The van der Waals surface area contributed by atoms with Crippen LogP contribution in [0, 0.1) is 35.5 Å². The molecule has 9 heavy (non-hydrogen) atoms. The Labute approximate surface area is 55.6 Å². The molecule has 48 valence electrons. The molecule has 0 aromatic heterocycles. The van der Waals surface area contributed by atoms with Crippen LogP contribution in [-0.2, 0) is 0 Å². The summed E-state index contributed by atoms with van der Waals surface area (Å²) >= 11 is 0. The molecule has 0 aliphatic heterocycles. The van der Waals surface area contributed by atoms with E-state index in [0.717, 1.165) is 0 Å². The fraction of sp³-hybridized carbons (Fsp3) is 1.00. The maximum atomic E-state index is 1.66. The van der Waals surface area contributed by atoms with E-state index in [-0.39, 0.29) is 0 Å². The highest BCUT2D eigenvalue weighted by Gasteiger charge is 2.70. The zero-order chi connectivity index (χ0) is 5.59. The summed E-state index contributed by atoms with van der Waals surface area (Å²) in [6, 6.07) is 0. The summed E-state index contributed by atoms with van der Waals surface area (Å²) in [5, 5.41) is 0. The summed E-state index contributed by atoms with van der Waals surface area (Å²) in [5.74, 6) is 7.53. The van der Waals surface area contributed by atoms with Gasteiger partial charge in [0.15, 0.2) is 0 Å². The minimum Gasteiger partial charge on any atom is -0.0465 e. The third kappa shape index (κ3) is 0.281. The Morgan fingerprint density at radius 3 is 0.889 bits per heavy atom. The van der Waals surface area contributed by atoms with Gasteiger partial charge in [-0.1, -0.05) is 0 Å². The second kappa shape index (κ2) is 0.889. The molecule has 0 radical (unpaired) electrons. The van der Waals surface area contributed by atoms with Crippen molar-refractivity contribution in [2.75, 3.05) is 0 Å². The van der Waals surface area contributed by atoms with Crippen molar-refractivity contribution in [3.05, 3.63) is 0 Å². The SMILES string of the molecule is C1C2C3CC4C1C4CC23. The summed E-state index contributed by atoms with van der Waals surface area (Å²) in [4.78, 5) is 0. The van der Waals surface area contributed by atoms with Crippen LogP contribution in [0.2, 0.25) is 0 Å². The van der Waals surface area contributed by atoms with Crippen molar-refractivity contribution in [1.82, 2.24) is 0 Å². The lowest BCUT2D eigenvalue weighted by molar-refractivity contribution is 0.457. The van der Waals surface area contributed by atoms with Gasteiger partial charge in [0.05, 0.1) is 0 Å². The first-order valence-corrected chi connectivity index (χ1v) is 4.45. The minimum atomic E-state index is 1.25. The van der Waals surface area contributed by atoms with Gasteiger partial charge in [-0.05, 0) is 54.8 Å². The molecule has 0 amide bonds. The second-order valence-electron chi connectivity index (χ2n) is 4.69. The van der Waals surface area contributed by atoms with Crippen molar-refractivity contribution < 1.29 is 0 Å². The largest absolute Gasteiger partial charge is 0.0465 e. The van der Waals surface area contributed by atoms with Gasteiger partial charge in [0.25, 0.3) is 0 Å². The van der Waals surface area contributed by atoms with Gasteiger partial charge in [-0.2, -0.15) is 0 Å². The minimum absolute atomic E-state index is 1.25. The van der Waals surface area contributed by atoms with Crippen LogP contribution in [0.1, 0.15) is 19.3 Å². The lowest BCUT2D eigenvalue weighted by Crippen LogP contribution is -1.95. The van der Waals surface area contributed by atoms with Crippen LogP contribution in [0.5, 0.6) is 0 Å². The van der Waals surface area contributed by atoms with Crippen LogP contribution in [0.3, 0.4) is 0 Å². The highest BCUT2D eigenvalue weighted by molar-refractivity contribution is 5.19. The van der Waals surface area contributed by atoms with Crippen LogP contribution in [-0.4, -0.2) is 0 Å². The average molecular weight is 120 g/mol. The lowest BCUT2D eigenvalue weighted by atomic mass is 10.0. The van der Waals surface area contributed by atoms with E-state index < -0.39 is 0 Å². The Hall–Kier alpha value is 0. The molecule has 0 nitrogen and oxygen atoms in total. The maximum Gasteiger partial charge on any atom is -0.0349 e. The Morgan fingerprint density at radius 1 is 0.444 bits per heavy atom. The van der Waals surface area contributed by atoms with E-state index in [1.54, 1.807) is 19.3 Å². The molecule has 0 unspecified atom stereocenters. The van der Waals surface area contributed by atoms with Gasteiger partial charge in [0, 0.05) is 0 Å². The Balaban J connectivity index is 1.89. The summed E-state index contributed by atoms with van der Waals surface area (Å²) in [7, 11) is 0. The molecule has 0 N–H and O–H groups in total. The monoisotopic (exact) mass is 120 g/mol. The first kappa shape index (κ1) is 4.00. The van der Waals surface area contributed by atoms with E-state index in [4.69, 9.17) is 0 Å². The van der Waals surface area contributed by atoms with Gasteiger partial charge >= 0.3 is 0 Å². The van der Waals surface area contributed by atoms with Crippen LogP contribution < -0.4 is 0 Å². The highest BCUT2D eigenvalue weighted by Crippen LogP contribution is 2.77. The summed E-state index contributed by atoms with van der Waals surface area (Å²) in [6.07, 6.45) is 4.97. The molecule has 5 aliphatic rings. The fourth-order valence-corrected chi connectivity index (χ4v) is 4.09. The number of rotatable bonds is 0. The first-order chi connectivity index (χ1) is 4.45. The zero-order valence-corrected chi connectivity index (χ0v) is 5.59. The quantitative estimate of drug-likeness (QED) is 0.458. The van der Waals surface area contributed by atoms with Crippen molar-refractivity contribution in [1.29, 1.82) is 0 Å². The summed E-state index contributed by atoms with van der Waals surface area (Å²) in [5.41, 5.74) is 0. The van der Waals surface area contributed by atoms with E-state index in [1.165, 1.54) is 35.5 Å². The molecule has 5 rings (SSSR count). The third-order valence-corrected chi connectivity index (χ3v) is 4.65. The van der Waals surface area contributed by atoms with Crippen molar-refractivity contribution in [2.45, 2.75) is 19.3 Å². The van der Waals surface area contributed by atoms with Gasteiger partial charge in [-0.15, -0.1) is 0 Å². The molecule has 0 heteroatoms. The van der Waals surface area contributed by atoms with Gasteiger partial charge < -0.3 is 0 Å². The van der Waals surface area contributed by atoms with Gasteiger partial charge in [-0.3, -0.25) is 0 Å². The smallest absolute Gasteiger partial charge is 0.0349 e. The van der Waals surface area contributed by atoms with E-state index in [1.807, 2.05) is 0 Å². The van der Waals surface area contributed by atoms with Crippen molar-refractivity contribution in [3.8, 4) is 0 Å². The number of hydrogen-bond acceptors (Lipinski definition) is 0. The molecule has 0 saturated heterocycles. The van der Waals surface area contributed by atoms with E-state index >= 15 is 0 Å². The van der Waals surface area contributed by atoms with Crippen LogP contribution >= 0.6 is 0 Å². The summed E-state index contributed by atoms with van der Waals surface area (Å²) in [6.45, 7) is 0. The summed E-state index contributed by atoms with van der Waals surface area (Å²) < 4.78 is 0. The van der Waals surface area contributed by atoms with Gasteiger partial charge in [0.2, 0.25) is 0 Å². The maximum absolute atomic E-state index is 1.66. The molecule has 5 fully saturated rings. The first-order valence-electron chi connectivity index (χ1n) is 4.45. The Kier molecular flexibility index (Phi) is 0.395. The molecule has 0 heterocycles. The molecular weight excluding hydrogens is 108 g/mol. The molecule has 6 bridgehead atoms. The number of hydrogen-bond donors (Lipinski definition) is 0. The predicted octanol–water partition coefficient (Wildman–Crippen LogP) is 1.91. The van der Waals surface area contributed by atoms with Crippen LogP contribution in [0.15, 0.2) is 0 Å². The van der Waals surface area contributed by atoms with Gasteiger partial charge in [-0.25, -0.2) is 0 Å². The highest BCUT2D eigenvalue weighted by atomic mass is 14.7. The lowest BCUT2D eigenvalue weighted by Gasteiger charge is -2.04. The predicted molar refractivity (Wildman–Crippen MR) is 34.8 cm³/mol. The molecular formula is C9H12. The van der Waals surface area contributed by atoms with Crippen molar-refractivity contribution in [3.63, 3.8) is 0 Å². The Morgan fingerprint density at radius 2 is 0.667 bits per heavy atom. The van der Waals surface area contributed by atoms with Crippen molar-refractivity contribution >= 4 is 0 Å². The molecule has 0 spiro atoms. The fourth-order valence-electron chi connectivity index (χ4n) is 4.09. The van der Waals surface area contributed by atoms with Crippen LogP contribution in [0.25, 0.3) is 0 Å². The topological polar surface area (TPSA) is 0 Å². The van der Waals surface area contributed by atoms with Crippen molar-refractivity contribution in [2.24, 2.45) is 35.5 Å². The van der Waals surface area contributed by atoms with E-state index in [9.17, 15) is 0 Å². The molecule has 0 aromatic rings. The second-order valence-corrected chi connectivity index (χ2v) is 4.69. The normalized spacial score (nSPS) is 80.0. The van der Waals surface area contributed by atoms with Crippen LogP contribution in [0.4, 0.5) is 0 Å². The molecule has 0 aromatic carbocycles. The Bertz CT molecular complexity index is 121. The van der Waals surface area contributed by atoms with E-state index in [2.05, 4.69) is 0 Å². The molecule has 5 saturated carbocycles. The third-order valence-electron chi connectivity index (χ3n) is 4.65. The van der Waals surface area contributed by atoms with Gasteiger partial charge in [0.1, 0.15) is 0 Å². The molecule has 0 atom stereocenters. The standard InChI is InChI=1S/C9H12/c1-4-6-2-7-5(1)9(7)3-8(4)6/h4-9H,1-3H2. The average Bonchev–Trinajstić information content (AvgIpc) is 2.74. The molecule has 5 aliphatic carbocycles.